The first-order valence-electron chi connectivity index (χ1n) is 7.76. The van der Waals surface area contributed by atoms with Crippen LogP contribution in [-0.4, -0.2) is 38.3 Å². The van der Waals surface area contributed by atoms with Crippen LogP contribution in [0.2, 0.25) is 0 Å². The van der Waals surface area contributed by atoms with Gasteiger partial charge in [-0.05, 0) is 36.1 Å². The number of carbonyl (C=O) groups is 2. The molecule has 0 saturated carbocycles. The molecule has 0 radical (unpaired) electrons. The summed E-state index contributed by atoms with van der Waals surface area (Å²) in [5.74, 6) is -1.22. The molecule has 2 rings (SSSR count). The number of hydrogen-bond acceptors (Lipinski definition) is 5. The maximum atomic E-state index is 12.0. The summed E-state index contributed by atoms with van der Waals surface area (Å²) in [6, 6.07) is 5.64. The molecule has 0 aliphatic carbocycles. The van der Waals surface area contributed by atoms with Crippen molar-refractivity contribution >= 4 is 27.7 Å². The molecule has 1 fully saturated rings. The normalized spacial score (nSPS) is 18.8. The summed E-state index contributed by atoms with van der Waals surface area (Å²) in [5.41, 5.74) is 4.98. The van der Waals surface area contributed by atoms with Crippen LogP contribution >= 0.6 is 0 Å². The molecule has 26 heavy (non-hydrogen) atoms. The summed E-state index contributed by atoms with van der Waals surface area (Å²) >= 11 is 0. The third-order valence-corrected chi connectivity index (χ3v) is 5.50. The average Bonchev–Trinajstić information content (AvgIpc) is 2.90. The molecule has 2 N–H and O–H groups in total. The number of hydrazine groups is 1. The SMILES string of the molecule is O=C(/C=C/c1ccc(OC(F)F)cc1)NNC(=O)C[C@H]1CCS(=O)(=O)C1. The van der Waals surface area contributed by atoms with Crippen LogP contribution in [0.15, 0.2) is 30.3 Å². The topological polar surface area (TPSA) is 102 Å². The molecule has 1 aliphatic rings. The minimum absolute atomic E-state index is 0.00259. The van der Waals surface area contributed by atoms with Gasteiger partial charge in [0.15, 0.2) is 9.84 Å². The van der Waals surface area contributed by atoms with Gasteiger partial charge in [0.05, 0.1) is 11.5 Å². The van der Waals surface area contributed by atoms with Gasteiger partial charge in [-0.15, -0.1) is 0 Å². The highest BCUT2D eigenvalue weighted by Crippen LogP contribution is 2.21. The zero-order chi connectivity index (χ0) is 19.2. The van der Waals surface area contributed by atoms with E-state index in [9.17, 15) is 26.8 Å². The quantitative estimate of drug-likeness (QED) is 0.565. The smallest absolute Gasteiger partial charge is 0.387 e. The van der Waals surface area contributed by atoms with E-state index < -0.39 is 28.3 Å². The maximum absolute atomic E-state index is 12.0. The van der Waals surface area contributed by atoms with Crippen LogP contribution in [0.25, 0.3) is 6.08 Å². The van der Waals surface area contributed by atoms with E-state index in [1.807, 2.05) is 0 Å². The number of sulfone groups is 1. The number of carbonyl (C=O) groups excluding carboxylic acids is 2. The van der Waals surface area contributed by atoms with E-state index >= 15 is 0 Å². The van der Waals surface area contributed by atoms with Gasteiger partial charge in [0.2, 0.25) is 5.91 Å². The van der Waals surface area contributed by atoms with Crippen molar-refractivity contribution in [3.05, 3.63) is 35.9 Å². The Kier molecular flexibility index (Phi) is 6.67. The lowest BCUT2D eigenvalue weighted by Crippen LogP contribution is -2.41. The number of nitrogens with one attached hydrogen (secondary N) is 2. The van der Waals surface area contributed by atoms with Crippen LogP contribution in [0, 0.1) is 5.92 Å². The van der Waals surface area contributed by atoms with Gasteiger partial charge in [-0.3, -0.25) is 20.4 Å². The highest BCUT2D eigenvalue weighted by atomic mass is 32.2. The Balaban J connectivity index is 1.74. The molecule has 1 aromatic rings. The highest BCUT2D eigenvalue weighted by Gasteiger charge is 2.29. The molecule has 0 bridgehead atoms. The Labute approximate surface area is 149 Å². The molecule has 2 amide bonds. The first-order valence-corrected chi connectivity index (χ1v) is 9.58. The average molecular weight is 388 g/mol. The van der Waals surface area contributed by atoms with Crippen LogP contribution in [0.3, 0.4) is 0 Å². The fourth-order valence-corrected chi connectivity index (χ4v) is 4.31. The molecule has 0 unspecified atom stereocenters. The largest absolute Gasteiger partial charge is 0.435 e. The predicted octanol–water partition coefficient (Wildman–Crippen LogP) is 1.27. The van der Waals surface area contributed by atoms with E-state index in [1.165, 1.54) is 30.3 Å². The van der Waals surface area contributed by atoms with Gasteiger partial charge in [0.1, 0.15) is 5.75 Å². The van der Waals surface area contributed by atoms with Gasteiger partial charge in [0, 0.05) is 12.5 Å². The second-order valence-electron chi connectivity index (χ2n) is 5.79. The summed E-state index contributed by atoms with van der Waals surface area (Å²) < 4.78 is 50.9. The summed E-state index contributed by atoms with van der Waals surface area (Å²) in [6.07, 6.45) is 3.05. The van der Waals surface area contributed by atoms with E-state index in [-0.39, 0.29) is 29.6 Å². The van der Waals surface area contributed by atoms with Crippen LogP contribution in [0.1, 0.15) is 18.4 Å². The molecule has 142 valence electrons. The molecule has 0 aromatic heterocycles. The number of ether oxygens (including phenoxy) is 1. The number of hydrogen-bond donors (Lipinski definition) is 2. The summed E-state index contributed by atoms with van der Waals surface area (Å²) in [6.45, 7) is -2.91. The summed E-state index contributed by atoms with van der Waals surface area (Å²) in [4.78, 5) is 23.3. The Morgan fingerprint density at radius 1 is 1.23 bits per heavy atom. The van der Waals surface area contributed by atoms with Gasteiger partial charge in [-0.2, -0.15) is 8.78 Å². The molecule has 1 aliphatic heterocycles. The van der Waals surface area contributed by atoms with E-state index in [0.29, 0.717) is 12.0 Å². The molecule has 0 spiro atoms. The number of alkyl halides is 2. The van der Waals surface area contributed by atoms with Crippen molar-refractivity contribution in [2.45, 2.75) is 19.5 Å². The third kappa shape index (κ3) is 6.79. The van der Waals surface area contributed by atoms with Gasteiger partial charge in [-0.1, -0.05) is 12.1 Å². The summed E-state index contributed by atoms with van der Waals surface area (Å²) in [7, 11) is -3.05. The van der Waals surface area contributed by atoms with E-state index in [1.54, 1.807) is 0 Å². The van der Waals surface area contributed by atoms with E-state index in [2.05, 4.69) is 15.6 Å². The first-order chi connectivity index (χ1) is 12.2. The second-order valence-corrected chi connectivity index (χ2v) is 8.02. The molecule has 7 nitrogen and oxygen atoms in total. The lowest BCUT2D eigenvalue weighted by Gasteiger charge is -2.08. The Hall–Kier alpha value is -2.49. The fraction of sp³-hybridized carbons (Fsp3) is 0.375. The first kappa shape index (κ1) is 19.8. The van der Waals surface area contributed by atoms with E-state index in [0.717, 1.165) is 6.08 Å². The molecule has 1 saturated heterocycles. The van der Waals surface area contributed by atoms with Gasteiger partial charge >= 0.3 is 6.61 Å². The van der Waals surface area contributed by atoms with Crippen LogP contribution in [-0.2, 0) is 19.4 Å². The molecular weight excluding hydrogens is 370 g/mol. The Morgan fingerprint density at radius 2 is 1.92 bits per heavy atom. The lowest BCUT2D eigenvalue weighted by atomic mass is 10.1. The van der Waals surface area contributed by atoms with Crippen LogP contribution in [0.5, 0.6) is 5.75 Å². The minimum Gasteiger partial charge on any atom is -0.435 e. The number of halogens is 2. The lowest BCUT2D eigenvalue weighted by molar-refractivity contribution is -0.127. The maximum Gasteiger partial charge on any atom is 0.387 e. The predicted molar refractivity (Wildman–Crippen MR) is 89.8 cm³/mol. The van der Waals surface area contributed by atoms with E-state index in [4.69, 9.17) is 0 Å². The van der Waals surface area contributed by atoms with Gasteiger partial charge in [-0.25, -0.2) is 8.42 Å². The number of amides is 2. The molecule has 1 heterocycles. The Morgan fingerprint density at radius 3 is 2.50 bits per heavy atom. The van der Waals surface area contributed by atoms with Crippen molar-refractivity contribution in [1.29, 1.82) is 0 Å². The number of benzene rings is 1. The van der Waals surface area contributed by atoms with Crippen molar-refractivity contribution in [1.82, 2.24) is 10.9 Å². The van der Waals surface area contributed by atoms with Crippen molar-refractivity contribution in [2.75, 3.05) is 11.5 Å². The van der Waals surface area contributed by atoms with Crippen molar-refractivity contribution in [3.63, 3.8) is 0 Å². The van der Waals surface area contributed by atoms with Crippen LogP contribution in [0.4, 0.5) is 8.78 Å². The monoisotopic (exact) mass is 388 g/mol. The molecule has 1 atom stereocenters. The third-order valence-electron chi connectivity index (χ3n) is 3.66. The van der Waals surface area contributed by atoms with Crippen LogP contribution < -0.4 is 15.6 Å². The highest BCUT2D eigenvalue weighted by molar-refractivity contribution is 7.91. The fourth-order valence-electron chi connectivity index (χ4n) is 2.45. The Bertz CT molecular complexity index is 778. The molecule has 1 aromatic carbocycles. The van der Waals surface area contributed by atoms with Crippen molar-refractivity contribution < 1.29 is 31.5 Å². The zero-order valence-corrected chi connectivity index (χ0v) is 14.5. The number of rotatable bonds is 6. The molecular formula is C16H18F2N2O5S. The minimum atomic E-state index is -3.05. The van der Waals surface area contributed by atoms with Crippen molar-refractivity contribution in [3.8, 4) is 5.75 Å². The molecule has 10 heteroatoms. The van der Waals surface area contributed by atoms with Crippen molar-refractivity contribution in [2.24, 2.45) is 5.92 Å². The van der Waals surface area contributed by atoms with Gasteiger partial charge in [0.25, 0.3) is 5.91 Å². The zero-order valence-electron chi connectivity index (χ0n) is 13.7. The standard InChI is InChI=1S/C16H18F2N2O5S/c17-16(18)25-13-4-1-11(2-5-13)3-6-14(21)19-20-15(22)9-12-7-8-26(23,24)10-12/h1-6,12,16H,7-10H2,(H,19,21)(H,20,22)/b6-3+/t12-/m1/s1. The summed E-state index contributed by atoms with van der Waals surface area (Å²) in [5, 5.41) is 0. The second kappa shape index (κ2) is 8.75. The van der Waals surface area contributed by atoms with Gasteiger partial charge < -0.3 is 4.74 Å².